The van der Waals surface area contributed by atoms with E-state index >= 15 is 0 Å². The highest BCUT2D eigenvalue weighted by atomic mass is 16.6. The van der Waals surface area contributed by atoms with Crippen molar-refractivity contribution in [3.05, 3.63) is 39.9 Å². The summed E-state index contributed by atoms with van der Waals surface area (Å²) >= 11 is 0. The zero-order valence-corrected chi connectivity index (χ0v) is 10.8. The third kappa shape index (κ3) is 2.88. The van der Waals surface area contributed by atoms with Gasteiger partial charge < -0.3 is 10.2 Å². The molecule has 1 heterocycles. The van der Waals surface area contributed by atoms with Gasteiger partial charge >= 0.3 is 11.9 Å². The van der Waals surface area contributed by atoms with Crippen LogP contribution in [0.5, 0.6) is 0 Å². The van der Waals surface area contributed by atoms with E-state index in [-0.39, 0.29) is 29.9 Å². The Morgan fingerprint density at radius 2 is 1.90 bits per heavy atom. The fourth-order valence-electron chi connectivity index (χ4n) is 2.31. The molecule has 2 rings (SSSR count). The molecule has 0 aliphatic carbocycles. The van der Waals surface area contributed by atoms with E-state index in [1.807, 2.05) is 0 Å². The highest BCUT2D eigenvalue weighted by molar-refractivity contribution is 6.14. The molecular formula is C13H12N2O6. The zero-order valence-electron chi connectivity index (χ0n) is 10.8. The van der Waals surface area contributed by atoms with E-state index in [0.29, 0.717) is 0 Å². The summed E-state index contributed by atoms with van der Waals surface area (Å²) in [6.07, 6.45) is -0.129. The molecule has 8 heteroatoms. The van der Waals surface area contributed by atoms with Crippen LogP contribution in [0.3, 0.4) is 0 Å². The number of nitro benzene ring substituents is 1. The molecule has 0 spiro atoms. The fraction of sp³-hybridized carbons (Fsp3) is 0.308. The van der Waals surface area contributed by atoms with Crippen molar-refractivity contribution < 1.29 is 24.7 Å². The Kier molecular flexibility index (Phi) is 3.97. The smallest absolute Gasteiger partial charge is 0.312 e. The lowest BCUT2D eigenvalue weighted by molar-refractivity contribution is -0.385. The van der Waals surface area contributed by atoms with Crippen molar-refractivity contribution in [2.24, 2.45) is 16.8 Å². The van der Waals surface area contributed by atoms with Gasteiger partial charge in [-0.15, -0.1) is 0 Å². The largest absolute Gasteiger partial charge is 0.481 e. The Morgan fingerprint density at radius 3 is 2.48 bits per heavy atom. The van der Waals surface area contributed by atoms with Crippen LogP contribution in [0.4, 0.5) is 5.69 Å². The molecule has 0 amide bonds. The Labute approximate surface area is 118 Å². The first kappa shape index (κ1) is 14.6. The van der Waals surface area contributed by atoms with Gasteiger partial charge in [0.15, 0.2) is 0 Å². The standard InChI is InChI=1S/C13H12N2O6/c16-12(17)7-5-9(13(18)19)11(14-6-7)8-3-1-2-4-10(8)15(20)21/h1-4,7,9H,5-6H2,(H,16,17)(H,18,19). The van der Waals surface area contributed by atoms with E-state index in [1.54, 1.807) is 6.07 Å². The van der Waals surface area contributed by atoms with Crippen molar-refractivity contribution in [3.8, 4) is 0 Å². The van der Waals surface area contributed by atoms with Crippen LogP contribution in [0.15, 0.2) is 29.3 Å². The van der Waals surface area contributed by atoms with Crippen LogP contribution >= 0.6 is 0 Å². The van der Waals surface area contributed by atoms with Crippen LogP contribution < -0.4 is 0 Å². The lowest BCUT2D eigenvalue weighted by Crippen LogP contribution is -2.35. The SMILES string of the molecule is O=C(O)C1CN=C(c2ccccc2[N+](=O)[O-])C(C(=O)O)C1. The minimum Gasteiger partial charge on any atom is -0.481 e. The van der Waals surface area contributed by atoms with Gasteiger partial charge in [-0.3, -0.25) is 24.7 Å². The Balaban J connectivity index is 2.49. The van der Waals surface area contributed by atoms with Crippen LogP contribution in [0.1, 0.15) is 12.0 Å². The van der Waals surface area contributed by atoms with Crippen molar-refractivity contribution >= 4 is 23.3 Å². The maximum absolute atomic E-state index is 11.3. The fourth-order valence-corrected chi connectivity index (χ4v) is 2.31. The third-order valence-corrected chi connectivity index (χ3v) is 3.36. The number of nitro groups is 1. The third-order valence-electron chi connectivity index (χ3n) is 3.36. The summed E-state index contributed by atoms with van der Waals surface area (Å²) in [5.41, 5.74) is -0.0534. The summed E-state index contributed by atoms with van der Waals surface area (Å²) in [6.45, 7) is -0.0828. The van der Waals surface area contributed by atoms with Gasteiger partial charge in [-0.1, -0.05) is 12.1 Å². The molecule has 0 saturated carbocycles. The van der Waals surface area contributed by atoms with Gasteiger partial charge in [0.2, 0.25) is 0 Å². The van der Waals surface area contributed by atoms with Gasteiger partial charge in [0.25, 0.3) is 5.69 Å². The van der Waals surface area contributed by atoms with Crippen molar-refractivity contribution in [2.75, 3.05) is 6.54 Å². The molecular weight excluding hydrogens is 280 g/mol. The van der Waals surface area contributed by atoms with E-state index < -0.39 is 28.7 Å². The van der Waals surface area contributed by atoms with Crippen LogP contribution in [0.25, 0.3) is 0 Å². The molecule has 8 nitrogen and oxygen atoms in total. The molecule has 0 saturated heterocycles. The highest BCUT2D eigenvalue weighted by Crippen LogP contribution is 2.29. The van der Waals surface area contributed by atoms with E-state index in [4.69, 9.17) is 5.11 Å². The molecule has 1 aliphatic rings. The second-order valence-electron chi connectivity index (χ2n) is 4.66. The molecule has 1 aromatic rings. The molecule has 0 fully saturated rings. The van der Waals surface area contributed by atoms with Crippen molar-refractivity contribution in [2.45, 2.75) is 6.42 Å². The van der Waals surface area contributed by atoms with Gasteiger partial charge in [0.05, 0.1) is 28.7 Å². The first-order valence-corrected chi connectivity index (χ1v) is 6.15. The van der Waals surface area contributed by atoms with Crippen molar-refractivity contribution in [1.29, 1.82) is 0 Å². The molecule has 0 aromatic heterocycles. The average molecular weight is 292 g/mol. The number of benzene rings is 1. The molecule has 1 aliphatic heterocycles. The predicted molar refractivity (Wildman–Crippen MR) is 71.4 cm³/mol. The number of carboxylic acids is 2. The Bertz CT molecular complexity index is 639. The Hall–Kier alpha value is -2.77. The second-order valence-corrected chi connectivity index (χ2v) is 4.66. The maximum Gasteiger partial charge on any atom is 0.312 e. The summed E-state index contributed by atoms with van der Waals surface area (Å²) in [5.74, 6) is -4.41. The molecule has 110 valence electrons. The first-order valence-electron chi connectivity index (χ1n) is 6.15. The van der Waals surface area contributed by atoms with E-state index in [9.17, 15) is 24.8 Å². The maximum atomic E-state index is 11.3. The van der Waals surface area contributed by atoms with Crippen molar-refractivity contribution in [1.82, 2.24) is 0 Å². The number of aliphatic imine (C=N–C) groups is 1. The lowest BCUT2D eigenvalue weighted by Gasteiger charge is -2.24. The molecule has 0 radical (unpaired) electrons. The minimum atomic E-state index is -1.24. The summed E-state index contributed by atoms with van der Waals surface area (Å²) in [5, 5.41) is 29.2. The Morgan fingerprint density at radius 1 is 1.24 bits per heavy atom. The molecule has 1 aromatic carbocycles. The van der Waals surface area contributed by atoms with E-state index in [1.165, 1.54) is 18.2 Å². The molecule has 0 bridgehead atoms. The van der Waals surface area contributed by atoms with Gasteiger partial charge in [-0.2, -0.15) is 0 Å². The minimum absolute atomic E-state index is 0.0623. The number of nitrogens with zero attached hydrogens (tertiary/aromatic N) is 2. The lowest BCUT2D eigenvalue weighted by atomic mass is 9.84. The van der Waals surface area contributed by atoms with Crippen LogP contribution in [-0.4, -0.2) is 39.3 Å². The highest BCUT2D eigenvalue weighted by Gasteiger charge is 2.37. The number of carbonyl (C=O) groups is 2. The van der Waals surface area contributed by atoms with E-state index in [0.717, 1.165) is 0 Å². The number of carboxylic acid groups (broad SMARTS) is 2. The number of rotatable bonds is 4. The van der Waals surface area contributed by atoms with E-state index in [2.05, 4.69) is 4.99 Å². The monoisotopic (exact) mass is 292 g/mol. The van der Waals surface area contributed by atoms with Crippen LogP contribution in [0, 0.1) is 22.0 Å². The van der Waals surface area contributed by atoms with Crippen LogP contribution in [0.2, 0.25) is 0 Å². The van der Waals surface area contributed by atoms with Gasteiger partial charge in [0.1, 0.15) is 5.92 Å². The molecule has 2 N–H and O–H groups in total. The number of aliphatic carboxylic acids is 2. The second kappa shape index (κ2) is 5.70. The average Bonchev–Trinajstić information content (AvgIpc) is 2.46. The summed E-state index contributed by atoms with van der Waals surface area (Å²) in [7, 11) is 0. The number of hydrogen-bond acceptors (Lipinski definition) is 5. The number of para-hydroxylation sites is 1. The summed E-state index contributed by atoms with van der Waals surface area (Å²) in [6, 6.07) is 5.71. The first-order chi connectivity index (χ1) is 9.91. The predicted octanol–water partition coefficient (Wildman–Crippen LogP) is 1.19. The normalized spacial score (nSPS) is 21.4. The molecule has 2 atom stereocenters. The number of hydrogen-bond donors (Lipinski definition) is 2. The zero-order chi connectivity index (χ0) is 15.6. The summed E-state index contributed by atoms with van der Waals surface area (Å²) < 4.78 is 0. The van der Waals surface area contributed by atoms with Gasteiger partial charge in [-0.25, -0.2) is 0 Å². The molecule has 2 unspecified atom stereocenters. The van der Waals surface area contributed by atoms with Crippen molar-refractivity contribution in [3.63, 3.8) is 0 Å². The summed E-state index contributed by atoms with van der Waals surface area (Å²) in [4.78, 5) is 36.7. The quantitative estimate of drug-likeness (QED) is 0.633. The van der Waals surface area contributed by atoms with Gasteiger partial charge in [-0.05, 0) is 12.5 Å². The van der Waals surface area contributed by atoms with Gasteiger partial charge in [0, 0.05) is 6.07 Å². The molecule has 21 heavy (non-hydrogen) atoms. The van der Waals surface area contributed by atoms with Crippen LogP contribution in [-0.2, 0) is 9.59 Å². The topological polar surface area (TPSA) is 130 Å².